The van der Waals surface area contributed by atoms with Crippen LogP contribution in [0.3, 0.4) is 0 Å². The molecular formula is C17H20N8. The van der Waals surface area contributed by atoms with Crippen LogP contribution in [-0.4, -0.2) is 61.3 Å². The number of tetrazole rings is 1. The Labute approximate surface area is 146 Å². The Hall–Kier alpha value is -2.87. The molecule has 128 valence electrons. The molecule has 0 N–H and O–H groups in total. The summed E-state index contributed by atoms with van der Waals surface area (Å²) < 4.78 is 1.82. The summed E-state index contributed by atoms with van der Waals surface area (Å²) in [5.41, 5.74) is 0.977. The van der Waals surface area contributed by atoms with Gasteiger partial charge in [0.1, 0.15) is 0 Å². The van der Waals surface area contributed by atoms with Crippen LogP contribution < -0.4 is 4.90 Å². The zero-order valence-electron chi connectivity index (χ0n) is 14.1. The van der Waals surface area contributed by atoms with Gasteiger partial charge in [0, 0.05) is 38.6 Å². The van der Waals surface area contributed by atoms with E-state index in [4.69, 9.17) is 0 Å². The molecule has 25 heavy (non-hydrogen) atoms. The molecule has 4 rings (SSSR count). The summed E-state index contributed by atoms with van der Waals surface area (Å²) >= 11 is 0. The van der Waals surface area contributed by atoms with Crippen LogP contribution in [0.4, 0.5) is 5.95 Å². The topological polar surface area (TPSA) is 75.9 Å². The maximum absolute atomic E-state index is 4.34. The number of para-hydroxylation sites is 1. The van der Waals surface area contributed by atoms with Crippen molar-refractivity contribution in [2.24, 2.45) is 0 Å². The molecule has 0 amide bonds. The highest BCUT2D eigenvalue weighted by molar-refractivity contribution is 5.31. The Morgan fingerprint density at radius 1 is 0.920 bits per heavy atom. The molecule has 0 bridgehead atoms. The molecule has 1 fully saturated rings. The van der Waals surface area contributed by atoms with Crippen LogP contribution >= 0.6 is 0 Å². The third-order valence-corrected chi connectivity index (χ3v) is 4.57. The minimum atomic E-state index is 0.133. The second-order valence-electron chi connectivity index (χ2n) is 6.03. The number of piperazine rings is 1. The number of aromatic nitrogens is 6. The minimum absolute atomic E-state index is 0.133. The zero-order valence-corrected chi connectivity index (χ0v) is 14.1. The Bertz CT molecular complexity index is 796. The van der Waals surface area contributed by atoms with Crippen LogP contribution in [-0.2, 0) is 0 Å². The number of nitrogens with zero attached hydrogens (tertiary/aromatic N) is 8. The molecule has 0 radical (unpaired) electrons. The van der Waals surface area contributed by atoms with Crippen molar-refractivity contribution in [1.82, 2.24) is 35.1 Å². The van der Waals surface area contributed by atoms with Crippen molar-refractivity contribution in [2.75, 3.05) is 31.1 Å². The fourth-order valence-electron chi connectivity index (χ4n) is 3.13. The monoisotopic (exact) mass is 336 g/mol. The van der Waals surface area contributed by atoms with Gasteiger partial charge in [-0.15, -0.1) is 5.10 Å². The van der Waals surface area contributed by atoms with Crippen LogP contribution in [0.25, 0.3) is 5.69 Å². The van der Waals surface area contributed by atoms with Crippen LogP contribution in [0.1, 0.15) is 18.8 Å². The van der Waals surface area contributed by atoms with E-state index in [1.54, 1.807) is 12.4 Å². The smallest absolute Gasteiger partial charge is 0.225 e. The molecule has 1 atom stereocenters. The molecule has 1 saturated heterocycles. The van der Waals surface area contributed by atoms with Gasteiger partial charge in [0.05, 0.1) is 11.7 Å². The summed E-state index contributed by atoms with van der Waals surface area (Å²) in [7, 11) is 0. The summed E-state index contributed by atoms with van der Waals surface area (Å²) in [6.07, 6.45) is 3.57. The number of anilines is 1. The fourth-order valence-corrected chi connectivity index (χ4v) is 3.13. The first-order valence-electron chi connectivity index (χ1n) is 8.42. The molecule has 2 aromatic heterocycles. The maximum Gasteiger partial charge on any atom is 0.225 e. The zero-order chi connectivity index (χ0) is 17.1. The SMILES string of the molecule is CC(c1nnnn1-c1ccccc1)N1CCN(c2ncccn2)CC1. The average molecular weight is 336 g/mol. The van der Waals surface area contributed by atoms with Gasteiger partial charge in [-0.1, -0.05) is 18.2 Å². The van der Waals surface area contributed by atoms with Gasteiger partial charge in [-0.3, -0.25) is 4.90 Å². The van der Waals surface area contributed by atoms with Crippen molar-refractivity contribution in [2.45, 2.75) is 13.0 Å². The van der Waals surface area contributed by atoms with Crippen molar-refractivity contribution in [3.63, 3.8) is 0 Å². The van der Waals surface area contributed by atoms with Gasteiger partial charge in [0.15, 0.2) is 5.82 Å². The number of hydrogen-bond donors (Lipinski definition) is 0. The van der Waals surface area contributed by atoms with Crippen molar-refractivity contribution in [3.05, 3.63) is 54.6 Å². The maximum atomic E-state index is 4.34. The van der Waals surface area contributed by atoms with E-state index in [-0.39, 0.29) is 6.04 Å². The van der Waals surface area contributed by atoms with Crippen molar-refractivity contribution in [3.8, 4) is 5.69 Å². The van der Waals surface area contributed by atoms with E-state index in [0.29, 0.717) is 0 Å². The van der Waals surface area contributed by atoms with E-state index in [0.717, 1.165) is 43.6 Å². The lowest BCUT2D eigenvalue weighted by atomic mass is 10.2. The highest BCUT2D eigenvalue weighted by Crippen LogP contribution is 2.22. The number of hydrogen-bond acceptors (Lipinski definition) is 7. The van der Waals surface area contributed by atoms with E-state index in [1.807, 2.05) is 41.1 Å². The summed E-state index contributed by atoms with van der Waals surface area (Å²) in [6.45, 7) is 5.77. The predicted molar refractivity (Wildman–Crippen MR) is 93.4 cm³/mol. The predicted octanol–water partition coefficient (Wildman–Crippen LogP) is 1.34. The number of benzene rings is 1. The molecule has 3 heterocycles. The number of rotatable bonds is 4. The first-order valence-corrected chi connectivity index (χ1v) is 8.42. The molecule has 0 spiro atoms. The first-order chi connectivity index (χ1) is 12.3. The lowest BCUT2D eigenvalue weighted by Gasteiger charge is -2.37. The molecule has 8 heteroatoms. The van der Waals surface area contributed by atoms with Gasteiger partial charge in [-0.25, -0.2) is 9.97 Å². The lowest BCUT2D eigenvalue weighted by molar-refractivity contribution is 0.189. The van der Waals surface area contributed by atoms with Gasteiger partial charge >= 0.3 is 0 Å². The molecule has 3 aromatic rings. The molecule has 1 aliphatic heterocycles. The van der Waals surface area contributed by atoms with E-state index in [2.05, 4.69) is 42.2 Å². The quantitative estimate of drug-likeness (QED) is 0.711. The molecule has 1 aliphatic rings. The molecular weight excluding hydrogens is 316 g/mol. The largest absolute Gasteiger partial charge is 0.338 e. The summed E-state index contributed by atoms with van der Waals surface area (Å²) in [4.78, 5) is 13.3. The van der Waals surface area contributed by atoms with E-state index in [1.165, 1.54) is 0 Å². The first kappa shape index (κ1) is 15.6. The Kier molecular flexibility index (Phi) is 4.34. The van der Waals surface area contributed by atoms with Crippen LogP contribution in [0, 0.1) is 0 Å². The van der Waals surface area contributed by atoms with Crippen molar-refractivity contribution < 1.29 is 0 Å². The fraction of sp³-hybridized carbons (Fsp3) is 0.353. The summed E-state index contributed by atoms with van der Waals surface area (Å²) in [5, 5.41) is 12.3. The second kappa shape index (κ2) is 6.94. The van der Waals surface area contributed by atoms with Crippen LogP contribution in [0.15, 0.2) is 48.8 Å². The summed E-state index contributed by atoms with van der Waals surface area (Å²) in [6, 6.07) is 12.0. The molecule has 0 saturated carbocycles. The van der Waals surface area contributed by atoms with E-state index in [9.17, 15) is 0 Å². The standard InChI is InChI=1S/C17H20N8/c1-14(16-20-21-22-25(16)15-6-3-2-4-7-15)23-10-12-24(13-11-23)17-18-8-5-9-19-17/h2-9,14H,10-13H2,1H3. The third-order valence-electron chi connectivity index (χ3n) is 4.57. The molecule has 0 aliphatic carbocycles. The summed E-state index contributed by atoms with van der Waals surface area (Å²) in [5.74, 6) is 1.65. The molecule has 1 unspecified atom stereocenters. The van der Waals surface area contributed by atoms with Crippen molar-refractivity contribution >= 4 is 5.95 Å². The Morgan fingerprint density at radius 3 is 2.36 bits per heavy atom. The van der Waals surface area contributed by atoms with Gasteiger partial charge < -0.3 is 4.90 Å². The van der Waals surface area contributed by atoms with Crippen LogP contribution in [0.5, 0.6) is 0 Å². The van der Waals surface area contributed by atoms with Gasteiger partial charge in [0.25, 0.3) is 0 Å². The van der Waals surface area contributed by atoms with E-state index >= 15 is 0 Å². The normalized spacial score (nSPS) is 16.8. The second-order valence-corrected chi connectivity index (χ2v) is 6.03. The Balaban J connectivity index is 1.47. The molecule has 8 nitrogen and oxygen atoms in total. The van der Waals surface area contributed by atoms with Gasteiger partial charge in [-0.05, 0) is 35.5 Å². The lowest BCUT2D eigenvalue weighted by Crippen LogP contribution is -2.48. The van der Waals surface area contributed by atoms with Gasteiger partial charge in [-0.2, -0.15) is 4.68 Å². The third kappa shape index (κ3) is 3.20. The van der Waals surface area contributed by atoms with E-state index < -0.39 is 0 Å². The Morgan fingerprint density at radius 2 is 1.64 bits per heavy atom. The minimum Gasteiger partial charge on any atom is -0.338 e. The highest BCUT2D eigenvalue weighted by Gasteiger charge is 2.26. The average Bonchev–Trinajstić information content (AvgIpc) is 3.19. The highest BCUT2D eigenvalue weighted by atomic mass is 15.6. The molecule has 1 aromatic carbocycles. The van der Waals surface area contributed by atoms with Gasteiger partial charge in [0.2, 0.25) is 5.95 Å². The van der Waals surface area contributed by atoms with Crippen molar-refractivity contribution in [1.29, 1.82) is 0 Å². The van der Waals surface area contributed by atoms with Crippen LogP contribution in [0.2, 0.25) is 0 Å².